The van der Waals surface area contributed by atoms with E-state index in [2.05, 4.69) is 18.8 Å². The maximum atomic E-state index is 8.99. The lowest BCUT2D eigenvalue weighted by Gasteiger charge is -2.14. The SMILES string of the molecule is Cc1cc(Cl)c(C(C)C)cc1Oc1ccc(CO)cn1. The molecule has 0 aliphatic rings. The second-order valence-electron chi connectivity index (χ2n) is 5.06. The first kappa shape index (κ1) is 14.8. The number of nitrogens with zero attached hydrogens (tertiary/aromatic N) is 1. The molecule has 0 aliphatic heterocycles. The minimum absolute atomic E-state index is 0.0231. The summed E-state index contributed by atoms with van der Waals surface area (Å²) < 4.78 is 5.80. The highest BCUT2D eigenvalue weighted by molar-refractivity contribution is 6.31. The first-order valence-electron chi connectivity index (χ1n) is 6.55. The third-order valence-corrected chi connectivity index (χ3v) is 3.44. The number of rotatable bonds is 4. The molecule has 2 aromatic rings. The third kappa shape index (κ3) is 3.30. The number of aliphatic hydroxyl groups is 1. The number of aryl methyl sites for hydroxylation is 1. The average molecular weight is 292 g/mol. The number of pyridine rings is 1. The van der Waals surface area contributed by atoms with E-state index in [9.17, 15) is 0 Å². The van der Waals surface area contributed by atoms with Crippen LogP contribution in [0, 0.1) is 6.92 Å². The molecule has 20 heavy (non-hydrogen) atoms. The van der Waals surface area contributed by atoms with Gasteiger partial charge in [-0.15, -0.1) is 0 Å². The van der Waals surface area contributed by atoms with Crippen LogP contribution in [0.5, 0.6) is 11.6 Å². The molecule has 0 fully saturated rings. The van der Waals surface area contributed by atoms with Crippen molar-refractivity contribution in [1.29, 1.82) is 0 Å². The van der Waals surface area contributed by atoms with Crippen molar-refractivity contribution in [3.05, 3.63) is 52.2 Å². The van der Waals surface area contributed by atoms with Crippen molar-refractivity contribution >= 4 is 11.6 Å². The van der Waals surface area contributed by atoms with E-state index in [1.54, 1.807) is 18.3 Å². The van der Waals surface area contributed by atoms with Gasteiger partial charge in [0, 0.05) is 17.3 Å². The van der Waals surface area contributed by atoms with Crippen LogP contribution < -0.4 is 4.74 Å². The van der Waals surface area contributed by atoms with Gasteiger partial charge in [-0.25, -0.2) is 4.98 Å². The van der Waals surface area contributed by atoms with Crippen LogP contribution in [-0.2, 0) is 6.61 Å². The molecule has 0 aliphatic carbocycles. The van der Waals surface area contributed by atoms with Crippen LogP contribution in [0.4, 0.5) is 0 Å². The second kappa shape index (κ2) is 6.25. The summed E-state index contributed by atoms with van der Waals surface area (Å²) in [6.07, 6.45) is 1.60. The van der Waals surface area contributed by atoms with Gasteiger partial charge in [-0.2, -0.15) is 0 Å². The summed E-state index contributed by atoms with van der Waals surface area (Å²) in [5.74, 6) is 1.58. The smallest absolute Gasteiger partial charge is 0.219 e. The molecular weight excluding hydrogens is 274 g/mol. The molecule has 2 rings (SSSR count). The Bertz CT molecular complexity index is 594. The summed E-state index contributed by atoms with van der Waals surface area (Å²) >= 11 is 6.24. The topological polar surface area (TPSA) is 42.4 Å². The second-order valence-corrected chi connectivity index (χ2v) is 5.47. The van der Waals surface area contributed by atoms with Crippen molar-refractivity contribution in [2.24, 2.45) is 0 Å². The van der Waals surface area contributed by atoms with Crippen molar-refractivity contribution in [2.45, 2.75) is 33.3 Å². The Hall–Kier alpha value is -1.58. The van der Waals surface area contributed by atoms with Crippen LogP contribution in [0.25, 0.3) is 0 Å². The number of benzene rings is 1. The normalized spacial score (nSPS) is 10.9. The van der Waals surface area contributed by atoms with E-state index in [-0.39, 0.29) is 6.61 Å². The predicted molar refractivity (Wildman–Crippen MR) is 80.5 cm³/mol. The fourth-order valence-electron chi connectivity index (χ4n) is 1.90. The van der Waals surface area contributed by atoms with Gasteiger partial charge in [0.2, 0.25) is 5.88 Å². The highest BCUT2D eigenvalue weighted by Crippen LogP contribution is 2.33. The standard InChI is InChI=1S/C16H18ClNO2/c1-10(2)13-7-15(11(3)6-14(13)17)20-16-5-4-12(9-19)8-18-16/h4-8,10,19H,9H2,1-3H3. The Morgan fingerprint density at radius 3 is 2.60 bits per heavy atom. The van der Waals surface area contributed by atoms with Gasteiger partial charge >= 0.3 is 0 Å². The quantitative estimate of drug-likeness (QED) is 0.905. The van der Waals surface area contributed by atoms with Gasteiger partial charge in [-0.05, 0) is 47.7 Å². The average Bonchev–Trinajstić information content (AvgIpc) is 2.42. The number of hydrogen-bond donors (Lipinski definition) is 1. The number of hydrogen-bond acceptors (Lipinski definition) is 3. The summed E-state index contributed by atoms with van der Waals surface area (Å²) in [6.45, 7) is 6.11. The number of halogens is 1. The largest absolute Gasteiger partial charge is 0.439 e. The molecule has 1 aromatic carbocycles. The molecule has 0 atom stereocenters. The summed E-state index contributed by atoms with van der Waals surface area (Å²) in [5.41, 5.74) is 2.78. The lowest BCUT2D eigenvalue weighted by atomic mass is 10.0. The molecule has 0 spiro atoms. The van der Waals surface area contributed by atoms with E-state index in [1.807, 2.05) is 19.1 Å². The minimum atomic E-state index is -0.0231. The Morgan fingerprint density at radius 2 is 2.05 bits per heavy atom. The van der Waals surface area contributed by atoms with Crippen molar-refractivity contribution < 1.29 is 9.84 Å². The maximum Gasteiger partial charge on any atom is 0.219 e. The lowest BCUT2D eigenvalue weighted by Crippen LogP contribution is -1.96. The molecular formula is C16H18ClNO2. The lowest BCUT2D eigenvalue weighted by molar-refractivity contribution is 0.281. The van der Waals surface area contributed by atoms with Crippen molar-refractivity contribution in [1.82, 2.24) is 4.98 Å². The summed E-state index contributed by atoms with van der Waals surface area (Å²) in [4.78, 5) is 4.17. The molecule has 0 bridgehead atoms. The van der Waals surface area contributed by atoms with Gasteiger partial charge in [-0.3, -0.25) is 0 Å². The first-order valence-corrected chi connectivity index (χ1v) is 6.92. The highest BCUT2D eigenvalue weighted by atomic mass is 35.5. The fourth-order valence-corrected chi connectivity index (χ4v) is 2.33. The highest BCUT2D eigenvalue weighted by Gasteiger charge is 2.11. The molecule has 0 unspecified atom stereocenters. The van der Waals surface area contributed by atoms with Gasteiger partial charge in [0.05, 0.1) is 6.61 Å². The van der Waals surface area contributed by atoms with E-state index in [1.165, 1.54) is 0 Å². The van der Waals surface area contributed by atoms with Crippen molar-refractivity contribution in [3.8, 4) is 11.6 Å². The number of aliphatic hydroxyl groups excluding tert-OH is 1. The fraction of sp³-hybridized carbons (Fsp3) is 0.312. The molecule has 1 aromatic heterocycles. The van der Waals surface area contributed by atoms with Gasteiger partial charge in [0.25, 0.3) is 0 Å². The Kier molecular flexibility index (Phi) is 4.63. The van der Waals surface area contributed by atoms with Crippen LogP contribution in [-0.4, -0.2) is 10.1 Å². The van der Waals surface area contributed by atoms with E-state index < -0.39 is 0 Å². The van der Waals surface area contributed by atoms with E-state index >= 15 is 0 Å². The Morgan fingerprint density at radius 1 is 1.30 bits per heavy atom. The Balaban J connectivity index is 2.30. The summed E-state index contributed by atoms with van der Waals surface area (Å²) in [6, 6.07) is 7.41. The van der Waals surface area contributed by atoms with Crippen LogP contribution in [0.2, 0.25) is 5.02 Å². The van der Waals surface area contributed by atoms with Gasteiger partial charge in [0.1, 0.15) is 5.75 Å². The zero-order valence-electron chi connectivity index (χ0n) is 11.9. The number of aromatic nitrogens is 1. The van der Waals surface area contributed by atoms with Crippen molar-refractivity contribution in [2.75, 3.05) is 0 Å². The predicted octanol–water partition coefficient (Wildman–Crippen LogP) is 4.45. The van der Waals surface area contributed by atoms with Gasteiger partial charge in [0.15, 0.2) is 0 Å². The molecule has 0 saturated carbocycles. The molecule has 106 valence electrons. The summed E-state index contributed by atoms with van der Waals surface area (Å²) in [5, 5.41) is 9.75. The molecule has 0 radical (unpaired) electrons. The zero-order valence-corrected chi connectivity index (χ0v) is 12.6. The molecule has 0 amide bonds. The minimum Gasteiger partial charge on any atom is -0.439 e. The molecule has 4 heteroatoms. The van der Waals surface area contributed by atoms with E-state index in [4.69, 9.17) is 21.4 Å². The van der Waals surface area contributed by atoms with E-state index in [0.717, 1.165) is 27.5 Å². The molecule has 0 saturated heterocycles. The maximum absolute atomic E-state index is 8.99. The van der Waals surface area contributed by atoms with E-state index in [0.29, 0.717) is 11.8 Å². The summed E-state index contributed by atoms with van der Waals surface area (Å²) in [7, 11) is 0. The monoisotopic (exact) mass is 291 g/mol. The van der Waals surface area contributed by atoms with Crippen LogP contribution >= 0.6 is 11.6 Å². The Labute approximate surface area is 124 Å². The van der Waals surface area contributed by atoms with Crippen molar-refractivity contribution in [3.63, 3.8) is 0 Å². The molecule has 1 heterocycles. The van der Waals surface area contributed by atoms with Gasteiger partial charge < -0.3 is 9.84 Å². The molecule has 3 nitrogen and oxygen atoms in total. The molecule has 1 N–H and O–H groups in total. The van der Waals surface area contributed by atoms with Crippen LogP contribution in [0.15, 0.2) is 30.5 Å². The first-order chi connectivity index (χ1) is 9.51. The third-order valence-electron chi connectivity index (χ3n) is 3.11. The number of ether oxygens (including phenoxy) is 1. The van der Waals surface area contributed by atoms with Gasteiger partial charge in [-0.1, -0.05) is 25.4 Å². The zero-order chi connectivity index (χ0) is 14.7. The van der Waals surface area contributed by atoms with Crippen LogP contribution in [0.1, 0.15) is 36.5 Å². The van der Waals surface area contributed by atoms with Crippen LogP contribution in [0.3, 0.4) is 0 Å².